The first-order valence-electron chi connectivity index (χ1n) is 8.55. The Labute approximate surface area is 166 Å². The van der Waals surface area contributed by atoms with Crippen LogP contribution in [-0.2, 0) is 4.79 Å². The van der Waals surface area contributed by atoms with Gasteiger partial charge in [0, 0.05) is 10.6 Å². The molecule has 5 nitrogen and oxygen atoms in total. The summed E-state index contributed by atoms with van der Waals surface area (Å²) in [5.74, 6) is 0.766. The number of aromatic nitrogens is 2. The summed E-state index contributed by atoms with van der Waals surface area (Å²) >= 11 is 7.69. The summed E-state index contributed by atoms with van der Waals surface area (Å²) in [5.41, 5.74) is 3.46. The van der Waals surface area contributed by atoms with Crippen LogP contribution >= 0.6 is 23.4 Å². The molecule has 2 unspecified atom stereocenters. The van der Waals surface area contributed by atoms with Gasteiger partial charge in [-0.25, -0.2) is 4.68 Å². The van der Waals surface area contributed by atoms with Gasteiger partial charge in [0.05, 0.1) is 21.9 Å². The van der Waals surface area contributed by atoms with Crippen molar-refractivity contribution in [3.8, 4) is 11.4 Å². The Hall–Kier alpha value is -2.44. The number of phenolic OH excluding ortho intramolecular Hbond substituents is 1. The zero-order valence-electron chi connectivity index (χ0n) is 14.8. The summed E-state index contributed by atoms with van der Waals surface area (Å²) in [4.78, 5) is 12.6. The van der Waals surface area contributed by atoms with Crippen molar-refractivity contribution in [3.05, 3.63) is 70.4 Å². The van der Waals surface area contributed by atoms with Crippen molar-refractivity contribution in [2.24, 2.45) is 0 Å². The van der Waals surface area contributed by atoms with Crippen molar-refractivity contribution in [2.75, 3.05) is 5.32 Å². The predicted molar refractivity (Wildman–Crippen MR) is 109 cm³/mol. The van der Waals surface area contributed by atoms with E-state index in [0.717, 1.165) is 22.5 Å². The molecule has 0 bridgehead atoms. The van der Waals surface area contributed by atoms with Gasteiger partial charge >= 0.3 is 0 Å². The second-order valence-corrected chi connectivity index (χ2v) is 8.37. The Morgan fingerprint density at radius 1 is 1.22 bits per heavy atom. The van der Waals surface area contributed by atoms with Crippen LogP contribution in [0.4, 0.5) is 5.82 Å². The molecule has 4 rings (SSSR count). The van der Waals surface area contributed by atoms with E-state index >= 15 is 0 Å². The second-order valence-electron chi connectivity index (χ2n) is 6.48. The molecule has 3 aromatic rings. The third-order valence-corrected chi connectivity index (χ3v) is 6.18. The van der Waals surface area contributed by atoms with E-state index in [0.29, 0.717) is 10.8 Å². The lowest BCUT2D eigenvalue weighted by Crippen LogP contribution is -2.22. The van der Waals surface area contributed by atoms with Crippen LogP contribution in [0.5, 0.6) is 5.75 Å². The Morgan fingerprint density at radius 3 is 2.74 bits per heavy atom. The van der Waals surface area contributed by atoms with E-state index in [4.69, 9.17) is 11.6 Å². The number of thioether (sulfide) groups is 1. The van der Waals surface area contributed by atoms with Gasteiger partial charge in [-0.1, -0.05) is 29.8 Å². The van der Waals surface area contributed by atoms with Crippen LogP contribution in [0, 0.1) is 6.92 Å². The first-order chi connectivity index (χ1) is 12.9. The topological polar surface area (TPSA) is 67.1 Å². The lowest BCUT2D eigenvalue weighted by atomic mass is 10.0. The summed E-state index contributed by atoms with van der Waals surface area (Å²) in [7, 11) is 0. The van der Waals surface area contributed by atoms with Crippen LogP contribution in [-0.4, -0.2) is 26.0 Å². The first-order valence-corrected chi connectivity index (χ1v) is 9.87. The highest BCUT2D eigenvalue weighted by molar-refractivity contribution is 8.01. The molecule has 2 aromatic carbocycles. The summed E-state index contributed by atoms with van der Waals surface area (Å²) < 4.78 is 1.73. The highest BCUT2D eigenvalue weighted by atomic mass is 35.5. The molecule has 2 atom stereocenters. The fourth-order valence-electron chi connectivity index (χ4n) is 3.25. The highest BCUT2D eigenvalue weighted by Gasteiger charge is 2.34. The molecule has 1 amide bonds. The Balaban J connectivity index is 1.93. The molecule has 1 aromatic heterocycles. The molecule has 0 spiro atoms. The van der Waals surface area contributed by atoms with Gasteiger partial charge in [-0.2, -0.15) is 5.10 Å². The van der Waals surface area contributed by atoms with E-state index in [2.05, 4.69) is 10.4 Å². The van der Waals surface area contributed by atoms with Gasteiger partial charge in [-0.05, 0) is 49.7 Å². The van der Waals surface area contributed by atoms with Crippen molar-refractivity contribution in [1.29, 1.82) is 0 Å². The summed E-state index contributed by atoms with van der Waals surface area (Å²) in [6.07, 6.45) is 0. The minimum Gasteiger partial charge on any atom is -0.508 e. The van der Waals surface area contributed by atoms with Crippen LogP contribution in [0.1, 0.15) is 29.0 Å². The zero-order chi connectivity index (χ0) is 19.1. The zero-order valence-corrected chi connectivity index (χ0v) is 16.4. The number of nitrogens with zero attached hydrogens (tertiary/aromatic N) is 2. The lowest BCUT2D eigenvalue weighted by Gasteiger charge is -2.17. The fraction of sp³-hybridized carbons (Fsp3) is 0.200. The number of nitrogens with one attached hydrogen (secondary N) is 1. The number of aromatic hydroxyl groups is 1. The maximum absolute atomic E-state index is 12.6. The van der Waals surface area contributed by atoms with Crippen molar-refractivity contribution >= 4 is 35.1 Å². The molecule has 0 saturated heterocycles. The average Bonchev–Trinajstić information content (AvgIpc) is 2.88. The molecule has 2 heterocycles. The lowest BCUT2D eigenvalue weighted by molar-refractivity contribution is -0.115. The number of phenols is 1. The van der Waals surface area contributed by atoms with Crippen molar-refractivity contribution < 1.29 is 9.90 Å². The number of carbonyl (C=O) groups excluding carboxylic acids is 1. The summed E-state index contributed by atoms with van der Waals surface area (Å²) in [6, 6.07) is 14.5. The van der Waals surface area contributed by atoms with E-state index < -0.39 is 0 Å². The van der Waals surface area contributed by atoms with Crippen LogP contribution in [0.25, 0.3) is 5.69 Å². The molecule has 0 fully saturated rings. The number of amides is 1. The molecule has 27 heavy (non-hydrogen) atoms. The minimum absolute atomic E-state index is 0.0768. The minimum atomic E-state index is -0.253. The van der Waals surface area contributed by atoms with Gasteiger partial charge in [0.2, 0.25) is 5.91 Å². The average molecular weight is 400 g/mol. The smallest absolute Gasteiger partial charge is 0.238 e. The van der Waals surface area contributed by atoms with Crippen LogP contribution in [0.15, 0.2) is 48.5 Å². The number of hydrogen-bond donors (Lipinski definition) is 2. The Bertz CT molecular complexity index is 1030. The molecule has 0 saturated carbocycles. The van der Waals surface area contributed by atoms with E-state index in [1.165, 1.54) is 0 Å². The molecule has 7 heteroatoms. The third-order valence-electron chi connectivity index (χ3n) is 4.55. The molecule has 0 aliphatic carbocycles. The van der Waals surface area contributed by atoms with Gasteiger partial charge in [-0.15, -0.1) is 11.8 Å². The molecule has 2 N–H and O–H groups in total. The summed E-state index contributed by atoms with van der Waals surface area (Å²) in [6.45, 7) is 3.81. The van der Waals surface area contributed by atoms with Gasteiger partial charge in [0.1, 0.15) is 11.6 Å². The Morgan fingerprint density at radius 2 is 2.00 bits per heavy atom. The van der Waals surface area contributed by atoms with Crippen LogP contribution < -0.4 is 5.32 Å². The van der Waals surface area contributed by atoms with Crippen LogP contribution in [0.2, 0.25) is 5.02 Å². The first kappa shape index (κ1) is 17.9. The standard InChI is InChI=1S/C20H18ClN3O2S/c1-11-17-18(13-5-3-8-16(25)9-13)27-12(2)20(26)22-19(17)24(23-11)15-7-4-6-14(21)10-15/h3-10,12,18,25H,1-2H3,(H,22,26). The molecule has 1 aliphatic rings. The number of rotatable bonds is 2. The van der Waals surface area contributed by atoms with Crippen molar-refractivity contribution in [2.45, 2.75) is 24.3 Å². The van der Waals surface area contributed by atoms with E-state index in [1.807, 2.05) is 44.2 Å². The number of carbonyl (C=O) groups is 1. The van der Waals surface area contributed by atoms with Crippen LogP contribution in [0.3, 0.4) is 0 Å². The molecular formula is C20H18ClN3O2S. The van der Waals surface area contributed by atoms with Gasteiger partial charge < -0.3 is 10.4 Å². The maximum atomic E-state index is 12.6. The Kier molecular flexibility index (Phi) is 4.61. The fourth-order valence-corrected chi connectivity index (χ4v) is 4.75. The van der Waals surface area contributed by atoms with E-state index in [9.17, 15) is 9.90 Å². The van der Waals surface area contributed by atoms with Crippen molar-refractivity contribution in [1.82, 2.24) is 9.78 Å². The van der Waals surface area contributed by atoms with E-state index in [-0.39, 0.29) is 22.2 Å². The number of hydrogen-bond acceptors (Lipinski definition) is 4. The largest absolute Gasteiger partial charge is 0.508 e. The van der Waals surface area contributed by atoms with Gasteiger partial charge in [0.15, 0.2) is 0 Å². The number of halogens is 1. The molecule has 0 radical (unpaired) electrons. The van der Waals surface area contributed by atoms with Gasteiger partial charge in [-0.3, -0.25) is 4.79 Å². The maximum Gasteiger partial charge on any atom is 0.238 e. The number of benzene rings is 2. The number of fused-ring (bicyclic) bond motifs is 1. The number of anilines is 1. The van der Waals surface area contributed by atoms with E-state index in [1.54, 1.807) is 34.6 Å². The highest BCUT2D eigenvalue weighted by Crippen LogP contribution is 2.46. The molecule has 138 valence electrons. The quantitative estimate of drug-likeness (QED) is 0.655. The SMILES string of the molecule is Cc1nn(-c2cccc(Cl)c2)c2c1C(c1cccc(O)c1)SC(C)C(=O)N2. The monoisotopic (exact) mass is 399 g/mol. The predicted octanol–water partition coefficient (Wildman–Crippen LogP) is 4.70. The van der Waals surface area contributed by atoms with Crippen molar-refractivity contribution in [3.63, 3.8) is 0 Å². The molecular weight excluding hydrogens is 382 g/mol. The molecule has 1 aliphatic heterocycles. The number of aryl methyl sites for hydroxylation is 1. The summed E-state index contributed by atoms with van der Waals surface area (Å²) in [5, 5.41) is 17.9. The normalized spacial score (nSPS) is 19.3. The third kappa shape index (κ3) is 3.31. The van der Waals surface area contributed by atoms with Gasteiger partial charge in [0.25, 0.3) is 0 Å². The second kappa shape index (κ2) is 6.94.